The summed E-state index contributed by atoms with van der Waals surface area (Å²) in [6.07, 6.45) is -4.01. The number of carbonyl (C=O) groups excluding carboxylic acids is 1. The standard InChI is InChI=1S/C10H16F3NO2/c1-3-16-9(15)7-4-5-8(10(11,12)13)14(2)6-7/h7-8H,3-6H2,1-2H3. The van der Waals surface area contributed by atoms with Crippen LogP contribution in [0.15, 0.2) is 0 Å². The number of likely N-dealkylation sites (tertiary alicyclic amines) is 1. The van der Waals surface area contributed by atoms with E-state index in [1.807, 2.05) is 0 Å². The number of halogens is 3. The Kier molecular flexibility index (Phi) is 4.18. The van der Waals surface area contributed by atoms with Crippen LogP contribution in [0, 0.1) is 5.92 Å². The molecule has 1 saturated heterocycles. The number of ether oxygens (including phenoxy) is 1. The molecule has 94 valence electrons. The topological polar surface area (TPSA) is 29.5 Å². The average molecular weight is 239 g/mol. The second kappa shape index (κ2) is 5.03. The maximum absolute atomic E-state index is 12.5. The van der Waals surface area contributed by atoms with Crippen LogP contribution < -0.4 is 0 Å². The monoisotopic (exact) mass is 239 g/mol. The van der Waals surface area contributed by atoms with Crippen molar-refractivity contribution in [1.82, 2.24) is 4.90 Å². The van der Waals surface area contributed by atoms with Crippen molar-refractivity contribution in [1.29, 1.82) is 0 Å². The van der Waals surface area contributed by atoms with Gasteiger partial charge in [0.05, 0.1) is 12.5 Å². The van der Waals surface area contributed by atoms with E-state index in [9.17, 15) is 18.0 Å². The van der Waals surface area contributed by atoms with E-state index in [4.69, 9.17) is 4.74 Å². The summed E-state index contributed by atoms with van der Waals surface area (Å²) in [6, 6.07) is -1.43. The number of nitrogens with zero attached hydrogens (tertiary/aromatic N) is 1. The van der Waals surface area contributed by atoms with Crippen LogP contribution in [0.2, 0.25) is 0 Å². The number of hydrogen-bond donors (Lipinski definition) is 0. The van der Waals surface area contributed by atoms with Crippen LogP contribution in [0.25, 0.3) is 0 Å². The molecule has 16 heavy (non-hydrogen) atoms. The Balaban J connectivity index is 2.55. The van der Waals surface area contributed by atoms with Crippen molar-refractivity contribution in [3.63, 3.8) is 0 Å². The maximum atomic E-state index is 12.5. The van der Waals surface area contributed by atoms with E-state index in [0.717, 1.165) is 0 Å². The fourth-order valence-corrected chi connectivity index (χ4v) is 2.01. The van der Waals surface area contributed by atoms with Gasteiger partial charge in [0.2, 0.25) is 0 Å². The third-order valence-electron chi connectivity index (χ3n) is 2.83. The molecule has 0 bridgehead atoms. The van der Waals surface area contributed by atoms with Gasteiger partial charge in [-0.15, -0.1) is 0 Å². The van der Waals surface area contributed by atoms with E-state index < -0.39 is 24.1 Å². The molecule has 6 heteroatoms. The molecular weight excluding hydrogens is 223 g/mol. The second-order valence-corrected chi connectivity index (χ2v) is 4.02. The molecule has 1 aliphatic rings. The largest absolute Gasteiger partial charge is 0.466 e. The lowest BCUT2D eigenvalue weighted by Gasteiger charge is -2.36. The first kappa shape index (κ1) is 13.3. The molecule has 0 aromatic carbocycles. The highest BCUT2D eigenvalue weighted by atomic mass is 19.4. The van der Waals surface area contributed by atoms with Gasteiger partial charge in [0, 0.05) is 6.54 Å². The molecule has 0 radical (unpaired) electrons. The van der Waals surface area contributed by atoms with Gasteiger partial charge in [-0.1, -0.05) is 0 Å². The summed E-state index contributed by atoms with van der Waals surface area (Å²) in [7, 11) is 1.39. The van der Waals surface area contributed by atoms with Crippen molar-refractivity contribution in [3.05, 3.63) is 0 Å². The SMILES string of the molecule is CCOC(=O)C1CCC(C(F)(F)F)N(C)C1. The van der Waals surface area contributed by atoms with Gasteiger partial charge in [0.1, 0.15) is 6.04 Å². The van der Waals surface area contributed by atoms with Crippen LogP contribution in [0.4, 0.5) is 13.2 Å². The minimum absolute atomic E-state index is 0.0382. The summed E-state index contributed by atoms with van der Waals surface area (Å²) in [6.45, 7) is 2.06. The van der Waals surface area contributed by atoms with Crippen molar-refractivity contribution in [2.24, 2.45) is 5.92 Å². The average Bonchev–Trinajstić information content (AvgIpc) is 2.16. The summed E-state index contributed by atoms with van der Waals surface area (Å²) in [5.74, 6) is -0.821. The quantitative estimate of drug-likeness (QED) is 0.688. The fourth-order valence-electron chi connectivity index (χ4n) is 2.01. The van der Waals surface area contributed by atoms with Gasteiger partial charge in [-0.2, -0.15) is 13.2 Å². The Labute approximate surface area is 92.5 Å². The number of hydrogen-bond acceptors (Lipinski definition) is 3. The normalized spacial score (nSPS) is 27.8. The van der Waals surface area contributed by atoms with Crippen LogP contribution in [-0.4, -0.2) is 43.3 Å². The first-order valence-corrected chi connectivity index (χ1v) is 5.29. The van der Waals surface area contributed by atoms with Gasteiger partial charge in [-0.05, 0) is 26.8 Å². The highest BCUT2D eigenvalue weighted by Gasteiger charge is 2.45. The minimum Gasteiger partial charge on any atom is -0.466 e. The molecule has 1 fully saturated rings. The van der Waals surface area contributed by atoms with Crippen LogP contribution >= 0.6 is 0 Å². The molecule has 2 atom stereocenters. The Morgan fingerprint density at radius 3 is 2.50 bits per heavy atom. The van der Waals surface area contributed by atoms with Crippen molar-refractivity contribution in [2.45, 2.75) is 32.0 Å². The van der Waals surface area contributed by atoms with Crippen molar-refractivity contribution in [3.8, 4) is 0 Å². The van der Waals surface area contributed by atoms with Gasteiger partial charge < -0.3 is 4.74 Å². The number of piperidine rings is 1. The lowest BCUT2D eigenvalue weighted by atomic mass is 9.93. The van der Waals surface area contributed by atoms with Crippen LogP contribution in [-0.2, 0) is 9.53 Å². The Morgan fingerprint density at radius 1 is 1.44 bits per heavy atom. The van der Waals surface area contributed by atoms with Crippen LogP contribution in [0.1, 0.15) is 19.8 Å². The van der Waals surface area contributed by atoms with E-state index >= 15 is 0 Å². The van der Waals surface area contributed by atoms with Gasteiger partial charge in [-0.25, -0.2) is 0 Å². The fraction of sp³-hybridized carbons (Fsp3) is 0.900. The zero-order valence-electron chi connectivity index (χ0n) is 9.38. The Morgan fingerprint density at radius 2 is 2.06 bits per heavy atom. The molecule has 0 aromatic rings. The first-order valence-electron chi connectivity index (χ1n) is 5.29. The summed E-state index contributed by atoms with van der Waals surface area (Å²) in [5.41, 5.74) is 0. The Bertz CT molecular complexity index is 255. The predicted octanol–water partition coefficient (Wildman–Crippen LogP) is 1.82. The highest BCUT2D eigenvalue weighted by Crippen LogP contribution is 2.32. The summed E-state index contributed by atoms with van der Waals surface area (Å²) in [4.78, 5) is 12.6. The number of carbonyl (C=O) groups is 1. The summed E-state index contributed by atoms with van der Waals surface area (Å²) >= 11 is 0. The number of rotatable bonds is 2. The number of alkyl halides is 3. The van der Waals surface area contributed by atoms with E-state index in [1.54, 1.807) is 6.92 Å². The molecular formula is C10H16F3NO2. The zero-order chi connectivity index (χ0) is 12.3. The van der Waals surface area contributed by atoms with Crippen molar-refractivity contribution >= 4 is 5.97 Å². The maximum Gasteiger partial charge on any atom is 0.404 e. The van der Waals surface area contributed by atoms with Gasteiger partial charge >= 0.3 is 12.1 Å². The molecule has 0 saturated carbocycles. The molecule has 2 unspecified atom stereocenters. The van der Waals surface area contributed by atoms with Crippen LogP contribution in [0.5, 0.6) is 0 Å². The molecule has 1 aliphatic heterocycles. The number of esters is 1. The predicted molar refractivity (Wildman–Crippen MR) is 51.8 cm³/mol. The molecule has 0 amide bonds. The van der Waals surface area contributed by atoms with Gasteiger partial charge in [-0.3, -0.25) is 9.69 Å². The molecule has 1 rings (SSSR count). The van der Waals surface area contributed by atoms with Crippen molar-refractivity contribution < 1.29 is 22.7 Å². The molecule has 0 N–H and O–H groups in total. The third-order valence-corrected chi connectivity index (χ3v) is 2.83. The van der Waals surface area contributed by atoms with Crippen molar-refractivity contribution in [2.75, 3.05) is 20.2 Å². The van der Waals surface area contributed by atoms with E-state index in [2.05, 4.69) is 0 Å². The Hall–Kier alpha value is -0.780. The molecule has 3 nitrogen and oxygen atoms in total. The minimum atomic E-state index is -4.21. The lowest BCUT2D eigenvalue weighted by Crippen LogP contribution is -2.50. The second-order valence-electron chi connectivity index (χ2n) is 4.02. The third kappa shape index (κ3) is 3.10. The van der Waals surface area contributed by atoms with Crippen LogP contribution in [0.3, 0.4) is 0 Å². The molecule has 0 aliphatic carbocycles. The summed E-state index contributed by atoms with van der Waals surface area (Å²) < 4.78 is 42.3. The smallest absolute Gasteiger partial charge is 0.404 e. The van der Waals surface area contributed by atoms with Gasteiger partial charge in [0.15, 0.2) is 0 Å². The lowest BCUT2D eigenvalue weighted by molar-refractivity contribution is -0.193. The zero-order valence-corrected chi connectivity index (χ0v) is 9.38. The molecule has 1 heterocycles. The molecule has 0 spiro atoms. The van der Waals surface area contributed by atoms with E-state index in [1.165, 1.54) is 11.9 Å². The molecule has 0 aromatic heterocycles. The van der Waals surface area contributed by atoms with E-state index in [-0.39, 0.29) is 26.0 Å². The summed E-state index contributed by atoms with van der Waals surface area (Å²) in [5, 5.41) is 0. The van der Waals surface area contributed by atoms with E-state index in [0.29, 0.717) is 0 Å². The highest BCUT2D eigenvalue weighted by molar-refractivity contribution is 5.72. The first-order chi connectivity index (χ1) is 7.36. The van der Waals surface area contributed by atoms with Gasteiger partial charge in [0.25, 0.3) is 0 Å².